The van der Waals surface area contributed by atoms with E-state index in [1.807, 2.05) is 43.3 Å². The summed E-state index contributed by atoms with van der Waals surface area (Å²) in [7, 11) is -3.05. The molecule has 0 bridgehead atoms. The van der Waals surface area contributed by atoms with E-state index in [1.165, 1.54) is 6.26 Å². The largest absolute Gasteiger partial charge is 0.489 e. The predicted octanol–water partition coefficient (Wildman–Crippen LogP) is 4.04. The minimum atomic E-state index is -3.05. The van der Waals surface area contributed by atoms with Gasteiger partial charge in [-0.3, -0.25) is 4.98 Å². The Morgan fingerprint density at radius 3 is 2.58 bits per heavy atom. The average molecular weight is 458 g/mol. The van der Waals surface area contributed by atoms with Crippen LogP contribution in [0.1, 0.15) is 23.2 Å². The van der Waals surface area contributed by atoms with Crippen LogP contribution in [0.3, 0.4) is 0 Å². The van der Waals surface area contributed by atoms with Crippen molar-refractivity contribution in [3.63, 3.8) is 0 Å². The molecule has 1 unspecified atom stereocenters. The Hall–Kier alpha value is -2.82. The van der Waals surface area contributed by atoms with Crippen LogP contribution in [0.5, 0.6) is 5.75 Å². The Labute approximate surface area is 188 Å². The zero-order valence-electron chi connectivity index (χ0n) is 17.4. The third-order valence-corrected chi connectivity index (χ3v) is 7.06. The van der Waals surface area contributed by atoms with Gasteiger partial charge in [-0.2, -0.15) is 5.26 Å². The fraction of sp³-hybridized carbons (Fsp3) is 0.304. The predicted molar refractivity (Wildman–Crippen MR) is 125 cm³/mol. The first-order valence-electron chi connectivity index (χ1n) is 9.80. The topological polar surface area (TPSA) is 83.3 Å². The Morgan fingerprint density at radius 2 is 1.94 bits per heavy atom. The number of aryl methyl sites for hydroxylation is 1. The second kappa shape index (κ2) is 9.13. The van der Waals surface area contributed by atoms with Gasteiger partial charge in [-0.15, -0.1) is 12.4 Å². The average Bonchev–Trinajstić information content (AvgIpc) is 3.22. The summed E-state index contributed by atoms with van der Waals surface area (Å²) in [5.74, 6) is 0.714. The molecule has 0 radical (unpaired) electrons. The molecule has 162 valence electrons. The second-order valence-corrected chi connectivity index (χ2v) is 10.1. The fourth-order valence-electron chi connectivity index (χ4n) is 3.81. The molecule has 0 saturated carbocycles. The van der Waals surface area contributed by atoms with Crippen LogP contribution in [-0.2, 0) is 16.4 Å². The van der Waals surface area contributed by atoms with Crippen LogP contribution in [0.25, 0.3) is 10.9 Å². The van der Waals surface area contributed by atoms with Crippen molar-refractivity contribution in [1.29, 1.82) is 5.26 Å². The van der Waals surface area contributed by atoms with Crippen molar-refractivity contribution >= 4 is 38.8 Å². The van der Waals surface area contributed by atoms with Gasteiger partial charge in [0.15, 0.2) is 9.84 Å². The molecule has 0 aliphatic carbocycles. The number of halogens is 1. The van der Waals surface area contributed by atoms with E-state index in [-0.39, 0.29) is 17.7 Å². The van der Waals surface area contributed by atoms with Crippen LogP contribution < -0.4 is 9.64 Å². The summed E-state index contributed by atoms with van der Waals surface area (Å²) in [6, 6.07) is 17.2. The molecule has 2 aromatic carbocycles. The fourth-order valence-corrected chi connectivity index (χ4v) is 4.79. The van der Waals surface area contributed by atoms with Gasteiger partial charge in [-0.25, -0.2) is 8.42 Å². The van der Waals surface area contributed by atoms with E-state index < -0.39 is 9.84 Å². The molecule has 1 aliphatic rings. The number of nitrogens with zero attached hydrogens (tertiary/aromatic N) is 3. The third-order valence-electron chi connectivity index (χ3n) is 5.47. The second-order valence-electron chi connectivity index (χ2n) is 7.75. The van der Waals surface area contributed by atoms with Crippen LogP contribution in [0.2, 0.25) is 0 Å². The lowest BCUT2D eigenvalue weighted by molar-refractivity contribution is 0.306. The molecule has 1 aromatic heterocycles. The van der Waals surface area contributed by atoms with Crippen LogP contribution >= 0.6 is 12.4 Å². The molecule has 1 fully saturated rings. The van der Waals surface area contributed by atoms with E-state index in [9.17, 15) is 8.42 Å². The summed E-state index contributed by atoms with van der Waals surface area (Å²) in [6.45, 7) is 3.57. The molecule has 0 spiro atoms. The molecule has 8 heteroatoms. The van der Waals surface area contributed by atoms with Crippen LogP contribution in [-0.4, -0.2) is 38.0 Å². The van der Waals surface area contributed by atoms with E-state index >= 15 is 0 Å². The monoisotopic (exact) mass is 457 g/mol. The molecular weight excluding hydrogens is 434 g/mol. The van der Waals surface area contributed by atoms with Crippen molar-refractivity contribution < 1.29 is 13.2 Å². The van der Waals surface area contributed by atoms with Gasteiger partial charge in [0.05, 0.1) is 22.4 Å². The van der Waals surface area contributed by atoms with Crippen molar-refractivity contribution in [3.8, 4) is 11.8 Å². The number of hydrogen-bond acceptors (Lipinski definition) is 6. The highest BCUT2D eigenvalue weighted by molar-refractivity contribution is 7.91. The number of nitriles is 1. The van der Waals surface area contributed by atoms with Gasteiger partial charge >= 0.3 is 0 Å². The Kier molecular flexibility index (Phi) is 6.73. The number of aromatic nitrogens is 1. The van der Waals surface area contributed by atoms with Gasteiger partial charge in [-0.05, 0) is 49.2 Å². The molecule has 2 heterocycles. The summed E-state index contributed by atoms with van der Waals surface area (Å²) in [5, 5.41) is 9.56. The number of ether oxygens (including phenoxy) is 1. The van der Waals surface area contributed by atoms with Gasteiger partial charge < -0.3 is 9.64 Å². The first kappa shape index (κ1) is 22.9. The Bertz CT molecular complexity index is 1240. The zero-order chi connectivity index (χ0) is 21.3. The van der Waals surface area contributed by atoms with Crippen LogP contribution in [0.4, 0.5) is 5.69 Å². The molecule has 1 saturated heterocycles. The van der Waals surface area contributed by atoms with Gasteiger partial charge in [0, 0.05) is 42.2 Å². The number of rotatable bonds is 5. The van der Waals surface area contributed by atoms with Crippen molar-refractivity contribution in [2.24, 2.45) is 0 Å². The first-order valence-corrected chi connectivity index (χ1v) is 11.8. The van der Waals surface area contributed by atoms with Crippen molar-refractivity contribution in [3.05, 3.63) is 65.4 Å². The maximum absolute atomic E-state index is 11.9. The molecule has 1 atom stereocenters. The Balaban J connectivity index is 0.00000272. The van der Waals surface area contributed by atoms with Gasteiger partial charge in [0.25, 0.3) is 0 Å². The summed E-state index contributed by atoms with van der Waals surface area (Å²) < 4.78 is 29.8. The molecular formula is C23H24ClN3O3S. The van der Waals surface area contributed by atoms with Crippen molar-refractivity contribution in [2.45, 2.75) is 25.2 Å². The lowest BCUT2D eigenvalue weighted by atomic mass is 10.1. The number of sulfone groups is 1. The maximum Gasteiger partial charge on any atom is 0.152 e. The lowest BCUT2D eigenvalue weighted by Crippen LogP contribution is -2.26. The summed E-state index contributed by atoms with van der Waals surface area (Å²) in [5.41, 5.74) is 4.32. The van der Waals surface area contributed by atoms with Crippen molar-refractivity contribution in [2.75, 3.05) is 24.2 Å². The molecule has 1 aliphatic heterocycles. The normalized spacial score (nSPS) is 16.0. The number of pyridine rings is 1. The summed E-state index contributed by atoms with van der Waals surface area (Å²) in [4.78, 5) is 6.79. The summed E-state index contributed by atoms with van der Waals surface area (Å²) >= 11 is 0. The quantitative estimate of drug-likeness (QED) is 0.575. The first-order chi connectivity index (χ1) is 14.3. The Morgan fingerprint density at radius 1 is 1.19 bits per heavy atom. The standard InChI is InChI=1S/C23H23N3O3S.ClH/c1-16-11-23(26-10-9-20(14-26)30(2,27)28)21-8-7-19(12-22(21)25-16)29-15-18-5-3-17(13-24)4-6-18;/h3-8,11-12,20H,9-10,14-15H2,1-2H3;1H. The zero-order valence-corrected chi connectivity index (χ0v) is 19.0. The SMILES string of the molecule is Cc1cc(N2CCC(S(C)(=O)=O)C2)c2ccc(OCc3ccc(C#N)cc3)cc2n1.Cl. The molecule has 6 nitrogen and oxygen atoms in total. The lowest BCUT2D eigenvalue weighted by Gasteiger charge is -2.21. The third kappa shape index (κ3) is 5.09. The number of benzene rings is 2. The molecule has 0 amide bonds. The minimum Gasteiger partial charge on any atom is -0.489 e. The number of fused-ring (bicyclic) bond motifs is 1. The molecule has 4 rings (SSSR count). The highest BCUT2D eigenvalue weighted by Crippen LogP contribution is 2.32. The van der Waals surface area contributed by atoms with E-state index in [0.29, 0.717) is 37.4 Å². The van der Waals surface area contributed by atoms with Crippen LogP contribution in [0.15, 0.2) is 48.5 Å². The van der Waals surface area contributed by atoms with Gasteiger partial charge in [0.2, 0.25) is 0 Å². The van der Waals surface area contributed by atoms with Crippen LogP contribution in [0, 0.1) is 18.3 Å². The highest BCUT2D eigenvalue weighted by Gasteiger charge is 2.31. The van der Waals surface area contributed by atoms with E-state index in [0.717, 1.165) is 27.8 Å². The van der Waals surface area contributed by atoms with E-state index in [2.05, 4.69) is 16.0 Å². The van der Waals surface area contributed by atoms with Crippen molar-refractivity contribution in [1.82, 2.24) is 4.98 Å². The van der Waals surface area contributed by atoms with E-state index in [4.69, 9.17) is 10.00 Å². The van der Waals surface area contributed by atoms with Gasteiger partial charge in [-0.1, -0.05) is 12.1 Å². The molecule has 0 N–H and O–H groups in total. The summed E-state index contributed by atoms with van der Waals surface area (Å²) in [6.07, 6.45) is 1.96. The minimum absolute atomic E-state index is 0. The number of hydrogen-bond donors (Lipinski definition) is 0. The smallest absolute Gasteiger partial charge is 0.152 e. The highest BCUT2D eigenvalue weighted by atomic mass is 35.5. The number of anilines is 1. The maximum atomic E-state index is 11.9. The molecule has 3 aromatic rings. The van der Waals surface area contributed by atoms with Gasteiger partial charge in [0.1, 0.15) is 12.4 Å². The van der Waals surface area contributed by atoms with E-state index in [1.54, 1.807) is 12.1 Å². The molecule has 31 heavy (non-hydrogen) atoms.